The fraction of sp³-hybridized carbons (Fsp3) is 0.292. The molecular weight excluding hydrogens is 408 g/mol. The second-order valence-corrected chi connectivity index (χ2v) is 8.71. The van der Waals surface area contributed by atoms with Crippen molar-refractivity contribution >= 4 is 33.2 Å². The Hall–Kier alpha value is -3.03. The van der Waals surface area contributed by atoms with Gasteiger partial charge in [-0.2, -0.15) is 0 Å². The van der Waals surface area contributed by atoms with E-state index in [1.807, 2.05) is 30.3 Å². The molecule has 0 radical (unpaired) electrons. The van der Waals surface area contributed by atoms with Crippen molar-refractivity contribution in [1.82, 2.24) is 15.0 Å². The first-order valence-corrected chi connectivity index (χ1v) is 11.0. The minimum Gasteiger partial charge on any atom is -0.495 e. The lowest BCUT2D eigenvalue weighted by molar-refractivity contribution is 0.107. The minimum absolute atomic E-state index is 0.422. The molecule has 0 saturated carbocycles. The number of ether oxygens (including phenoxy) is 2. The van der Waals surface area contributed by atoms with Gasteiger partial charge in [-0.25, -0.2) is 15.0 Å². The van der Waals surface area contributed by atoms with Crippen molar-refractivity contribution < 1.29 is 9.47 Å². The van der Waals surface area contributed by atoms with Gasteiger partial charge in [0.15, 0.2) is 5.82 Å². The van der Waals surface area contributed by atoms with E-state index in [2.05, 4.69) is 48.2 Å². The highest BCUT2D eigenvalue weighted by Crippen LogP contribution is 2.35. The van der Waals surface area contributed by atoms with Gasteiger partial charge in [-0.15, -0.1) is 0 Å². The summed E-state index contributed by atoms with van der Waals surface area (Å²) in [5.74, 6) is 1.86. The molecule has 0 fully saturated rings. The first kappa shape index (κ1) is 21.2. The molecule has 0 unspecified atom stereocenters. The van der Waals surface area contributed by atoms with Gasteiger partial charge in [0, 0.05) is 0 Å². The predicted octanol–water partition coefficient (Wildman–Crippen LogP) is 5.99. The van der Waals surface area contributed by atoms with Gasteiger partial charge in [0.2, 0.25) is 0 Å². The zero-order valence-corrected chi connectivity index (χ0v) is 19.0. The van der Waals surface area contributed by atoms with Crippen molar-refractivity contribution in [2.24, 2.45) is 0 Å². The number of nitrogens with zero attached hydrogens (tertiary/aromatic N) is 3. The van der Waals surface area contributed by atoms with Crippen LogP contribution in [-0.4, -0.2) is 22.1 Å². The van der Waals surface area contributed by atoms with Gasteiger partial charge in [-0.1, -0.05) is 55.5 Å². The molecule has 2 aromatic carbocycles. The number of hydrogen-bond acceptors (Lipinski definition) is 7. The van der Waals surface area contributed by atoms with Gasteiger partial charge < -0.3 is 14.8 Å². The lowest BCUT2D eigenvalue weighted by atomic mass is 9.97. The number of nitrogens with one attached hydrogen (secondary N) is 1. The third kappa shape index (κ3) is 4.84. The largest absolute Gasteiger partial charge is 0.495 e. The fourth-order valence-corrected chi connectivity index (χ4v) is 4.34. The summed E-state index contributed by atoms with van der Waals surface area (Å²) in [6.45, 7) is 7.45. The van der Waals surface area contributed by atoms with E-state index >= 15 is 0 Å². The van der Waals surface area contributed by atoms with Crippen LogP contribution in [0, 0.1) is 6.92 Å². The van der Waals surface area contributed by atoms with E-state index in [0.29, 0.717) is 24.9 Å². The Balaban J connectivity index is 1.55. The number of aryl methyl sites for hydroxylation is 1. The van der Waals surface area contributed by atoms with E-state index < -0.39 is 0 Å². The van der Waals surface area contributed by atoms with E-state index in [4.69, 9.17) is 14.5 Å². The van der Waals surface area contributed by atoms with Gasteiger partial charge in [0.1, 0.15) is 27.4 Å². The number of anilines is 2. The Morgan fingerprint density at radius 3 is 2.61 bits per heavy atom. The molecule has 2 aromatic heterocycles. The highest BCUT2D eigenvalue weighted by molar-refractivity contribution is 7.18. The number of thiazole rings is 1. The Labute approximate surface area is 186 Å². The molecule has 31 heavy (non-hydrogen) atoms. The summed E-state index contributed by atoms with van der Waals surface area (Å²) in [4.78, 5) is 14.4. The molecule has 0 aliphatic heterocycles. The summed E-state index contributed by atoms with van der Waals surface area (Å²) >= 11 is 1.52. The monoisotopic (exact) mass is 434 g/mol. The Kier molecular flexibility index (Phi) is 6.44. The number of aromatic nitrogens is 3. The number of hydrogen-bond donors (Lipinski definition) is 1. The highest BCUT2D eigenvalue weighted by Gasteiger charge is 2.15. The van der Waals surface area contributed by atoms with Crippen molar-refractivity contribution in [3.8, 4) is 5.75 Å². The zero-order valence-electron chi connectivity index (χ0n) is 18.2. The number of rotatable bonds is 8. The normalized spacial score (nSPS) is 11.3. The third-order valence-electron chi connectivity index (χ3n) is 5.04. The first-order valence-electron chi connectivity index (χ1n) is 10.2. The molecule has 0 aliphatic rings. The average Bonchev–Trinajstić information content (AvgIpc) is 3.18. The lowest BCUT2D eigenvalue weighted by Crippen LogP contribution is -2.01. The van der Waals surface area contributed by atoms with Gasteiger partial charge in [-0.3, -0.25) is 0 Å². The Morgan fingerprint density at radius 1 is 1.06 bits per heavy atom. The fourth-order valence-electron chi connectivity index (χ4n) is 3.50. The molecule has 0 atom stereocenters. The van der Waals surface area contributed by atoms with Crippen molar-refractivity contribution in [2.45, 2.75) is 39.9 Å². The summed E-state index contributed by atoms with van der Waals surface area (Å²) in [5, 5.41) is 4.26. The molecule has 4 rings (SSSR count). The number of benzene rings is 2. The number of methoxy groups -OCH3 is 1. The second-order valence-electron chi connectivity index (χ2n) is 7.65. The topological polar surface area (TPSA) is 69.2 Å². The van der Waals surface area contributed by atoms with Crippen LogP contribution in [0.3, 0.4) is 0 Å². The Bertz CT molecular complexity index is 1180. The molecule has 0 spiro atoms. The molecule has 2 heterocycles. The molecule has 7 heteroatoms. The van der Waals surface area contributed by atoms with Crippen LogP contribution >= 0.6 is 11.3 Å². The molecule has 1 N–H and O–H groups in total. The van der Waals surface area contributed by atoms with Crippen LogP contribution in [-0.2, 0) is 18.0 Å². The van der Waals surface area contributed by atoms with Crippen LogP contribution in [0.4, 0.5) is 11.5 Å². The van der Waals surface area contributed by atoms with Crippen molar-refractivity contribution in [3.63, 3.8) is 0 Å². The lowest BCUT2D eigenvalue weighted by Gasteiger charge is -2.16. The molecule has 160 valence electrons. The van der Waals surface area contributed by atoms with Gasteiger partial charge in [-0.05, 0) is 41.7 Å². The van der Waals surface area contributed by atoms with E-state index in [1.165, 1.54) is 22.5 Å². The molecule has 0 bridgehead atoms. The summed E-state index contributed by atoms with van der Waals surface area (Å²) in [5.41, 5.74) is 5.20. The summed E-state index contributed by atoms with van der Waals surface area (Å²) in [6, 6.07) is 14.3. The van der Waals surface area contributed by atoms with Crippen LogP contribution in [0.25, 0.3) is 10.3 Å². The molecule has 4 aromatic rings. The van der Waals surface area contributed by atoms with Crippen LogP contribution in [0.5, 0.6) is 5.75 Å². The molecule has 6 nitrogen and oxygen atoms in total. The second kappa shape index (κ2) is 9.41. The van der Waals surface area contributed by atoms with E-state index in [1.54, 1.807) is 13.4 Å². The number of fused-ring (bicyclic) bond motifs is 1. The maximum atomic E-state index is 5.84. The van der Waals surface area contributed by atoms with E-state index in [9.17, 15) is 0 Å². The van der Waals surface area contributed by atoms with Gasteiger partial charge >= 0.3 is 0 Å². The predicted molar refractivity (Wildman–Crippen MR) is 125 cm³/mol. The zero-order chi connectivity index (χ0) is 21.8. The van der Waals surface area contributed by atoms with Crippen molar-refractivity contribution in [2.75, 3.05) is 12.4 Å². The quantitative estimate of drug-likeness (QED) is 0.367. The van der Waals surface area contributed by atoms with Crippen LogP contribution < -0.4 is 10.1 Å². The molecule has 0 aliphatic carbocycles. The van der Waals surface area contributed by atoms with Gasteiger partial charge in [0.05, 0.1) is 26.0 Å². The Morgan fingerprint density at radius 2 is 1.87 bits per heavy atom. The van der Waals surface area contributed by atoms with E-state index in [0.717, 1.165) is 32.4 Å². The molecular formula is C24H26N4O2S. The SMILES string of the molecule is COc1cc(C(C)C)c(C)cc1Nc1ncnc2sc(COCc3ccccc3)nc12. The van der Waals surface area contributed by atoms with Gasteiger partial charge in [0.25, 0.3) is 0 Å². The van der Waals surface area contributed by atoms with Crippen LogP contribution in [0.1, 0.15) is 41.5 Å². The maximum Gasteiger partial charge on any atom is 0.161 e. The smallest absolute Gasteiger partial charge is 0.161 e. The molecule has 0 saturated heterocycles. The first-order chi connectivity index (χ1) is 15.0. The summed E-state index contributed by atoms with van der Waals surface area (Å²) < 4.78 is 11.5. The standard InChI is InChI=1S/C24H26N4O2S/c1-15(2)18-11-20(29-4)19(10-16(18)3)27-23-22-24(26-14-25-23)31-21(28-22)13-30-12-17-8-6-5-7-9-17/h5-11,14-15H,12-13H2,1-4H3,(H,25,26,27). The van der Waals surface area contributed by atoms with Crippen molar-refractivity contribution in [1.29, 1.82) is 0 Å². The highest BCUT2D eigenvalue weighted by atomic mass is 32.1. The third-order valence-corrected chi connectivity index (χ3v) is 5.98. The summed E-state index contributed by atoms with van der Waals surface area (Å²) in [6.07, 6.45) is 1.55. The van der Waals surface area contributed by atoms with E-state index in [-0.39, 0.29) is 0 Å². The average molecular weight is 435 g/mol. The van der Waals surface area contributed by atoms with Crippen LogP contribution in [0.15, 0.2) is 48.8 Å². The van der Waals surface area contributed by atoms with Crippen molar-refractivity contribution in [3.05, 3.63) is 70.5 Å². The maximum absolute atomic E-state index is 5.84. The molecule has 0 amide bonds. The van der Waals surface area contributed by atoms with Crippen LogP contribution in [0.2, 0.25) is 0 Å². The summed E-state index contributed by atoms with van der Waals surface area (Å²) in [7, 11) is 1.68. The minimum atomic E-state index is 0.422.